The molecule has 8 heteroatoms. The number of para-hydroxylation sites is 4. The molecule has 0 radical (unpaired) electrons. The predicted molar refractivity (Wildman–Crippen MR) is 543 cm³/mol. The lowest BCUT2D eigenvalue weighted by molar-refractivity contribution is 0.436. The zero-order valence-corrected chi connectivity index (χ0v) is 72.8. The van der Waals surface area contributed by atoms with Crippen molar-refractivity contribution in [3.63, 3.8) is 0 Å². The van der Waals surface area contributed by atoms with Gasteiger partial charge in [0.25, 0.3) is 0 Å². The standard InChI is InChI=1S/C122H94N4O4/c1-79-109-77-99(125(92-37-15-6-16-38-92)93-39-17-7-18-40-93)66-70-113(109)129-121(79)119-105-48-25-27-50-107(105)120(108-51-28-26-49-106(108)119)122-80(2)110-78-100(67-71-114(110)130-122)126(94-41-19-8-20-42-94)98-43-29-30-84(74-98)81-52-60-96(61-53-81)124(91-35-13-5-14-36-91)97-64-56-83(57-65-97)86-59-69-112-88(73-86)76-116(128-112)118-103-46-23-21-44-101(103)117(102-45-22-24-47-104(102)118)115-75-87-72-85(58-68-111(87)127-115)82-54-62-95(63-55-82)123(89-31-9-3-10-32-89)90-33-11-4-12-34-90/h3-6,9-16,21-38,43-78,93-94H,7-8,17-20,39-42H2,1-2H3. The molecule has 0 N–H and O–H groups in total. The van der Waals surface area contributed by atoms with Crippen LogP contribution in [0.4, 0.5) is 56.9 Å². The third-order valence-electron chi connectivity index (χ3n) is 27.7. The van der Waals surface area contributed by atoms with E-state index in [1.165, 1.54) is 79.7 Å². The van der Waals surface area contributed by atoms with Gasteiger partial charge in [-0.15, -0.1) is 0 Å². The van der Waals surface area contributed by atoms with Gasteiger partial charge in [-0.25, -0.2) is 0 Å². The second-order valence-corrected chi connectivity index (χ2v) is 35.4. The fourth-order valence-corrected chi connectivity index (χ4v) is 21.4. The van der Waals surface area contributed by atoms with Crippen LogP contribution < -0.4 is 19.6 Å². The van der Waals surface area contributed by atoms with Crippen molar-refractivity contribution in [2.75, 3.05) is 19.6 Å². The van der Waals surface area contributed by atoms with E-state index in [9.17, 15) is 0 Å². The zero-order chi connectivity index (χ0) is 86.3. The van der Waals surface area contributed by atoms with Crippen LogP contribution in [0.15, 0.2) is 418 Å². The van der Waals surface area contributed by atoms with E-state index in [-0.39, 0.29) is 0 Å². The first-order valence-corrected chi connectivity index (χ1v) is 46.1. The van der Waals surface area contributed by atoms with E-state index in [4.69, 9.17) is 17.7 Å². The molecule has 2 aliphatic rings. The Morgan fingerprint density at radius 2 is 0.477 bits per heavy atom. The summed E-state index contributed by atoms with van der Waals surface area (Å²) in [6.07, 6.45) is 12.1. The summed E-state index contributed by atoms with van der Waals surface area (Å²) in [6.45, 7) is 4.50. The molecule has 24 rings (SSSR count). The SMILES string of the molecule is Cc1c(-c2c3ccccc3c(-c3oc4ccc(N(c5cccc(-c6ccc(N(c7ccccc7)c7ccc(-c8ccc9oc(-c%10c%11ccccc%11c(-c%11cc%12cc(-c%13ccc(N(c%14ccccc%14)c%14ccccc%14)cc%13)ccc%12o%11)c%11ccccc%10%11)cc9c8)cc7)cc6)c5)C5CCCCC5)cc4c3C)c3ccccc23)oc2ccc(N(c3ccccc3)C3CCCCC3)cc12. The average molecular weight is 1680 g/mol. The molecular weight excluding hydrogens is 1590 g/mol. The van der Waals surface area contributed by atoms with Gasteiger partial charge in [-0.1, -0.05) is 269 Å². The lowest BCUT2D eigenvalue weighted by Gasteiger charge is -2.36. The molecule has 0 saturated heterocycles. The van der Waals surface area contributed by atoms with Gasteiger partial charge in [0.1, 0.15) is 45.4 Å². The predicted octanol–water partition coefficient (Wildman–Crippen LogP) is 35.5. The van der Waals surface area contributed by atoms with Gasteiger partial charge >= 0.3 is 0 Å². The molecule has 0 bridgehead atoms. The minimum absolute atomic E-state index is 0.331. The minimum atomic E-state index is 0.331. The fraction of sp³-hybridized carbons (Fsp3) is 0.115. The average Bonchev–Trinajstić information content (AvgIpc) is 1.50. The molecule has 22 aromatic rings. The van der Waals surface area contributed by atoms with Crippen LogP contribution in [0, 0.1) is 13.8 Å². The number of nitrogens with zero attached hydrogens (tertiary/aromatic N) is 4. The van der Waals surface area contributed by atoms with Crippen molar-refractivity contribution < 1.29 is 17.7 Å². The molecule has 0 atom stereocenters. The summed E-state index contributed by atoms with van der Waals surface area (Å²) in [5.41, 5.74) is 28.2. The van der Waals surface area contributed by atoms with E-state index in [0.717, 1.165) is 218 Å². The van der Waals surface area contributed by atoms with Crippen molar-refractivity contribution in [3.05, 3.63) is 412 Å². The minimum Gasteiger partial charge on any atom is -0.456 e. The van der Waals surface area contributed by atoms with Crippen molar-refractivity contribution >= 4 is 144 Å². The normalized spacial score (nSPS) is 13.4. The number of hydrogen-bond acceptors (Lipinski definition) is 8. The monoisotopic (exact) mass is 1680 g/mol. The number of benzene rings is 18. The Balaban J connectivity index is 0.507. The molecule has 0 spiro atoms. The highest BCUT2D eigenvalue weighted by Gasteiger charge is 2.31. The summed E-state index contributed by atoms with van der Waals surface area (Å²) in [6, 6.07) is 146. The Bertz CT molecular complexity index is 7860. The van der Waals surface area contributed by atoms with Crippen molar-refractivity contribution in [2.45, 2.75) is 90.1 Å². The number of fused-ring (bicyclic) bond motifs is 8. The second kappa shape index (κ2) is 33.0. The van der Waals surface area contributed by atoms with Gasteiger partial charge in [0.15, 0.2) is 0 Å². The van der Waals surface area contributed by atoms with Gasteiger partial charge in [0, 0.05) is 124 Å². The topological polar surface area (TPSA) is 65.5 Å². The third-order valence-corrected chi connectivity index (χ3v) is 27.7. The quantitative estimate of drug-likeness (QED) is 0.0742. The zero-order valence-electron chi connectivity index (χ0n) is 72.8. The Labute approximate surface area is 756 Å². The first-order valence-electron chi connectivity index (χ1n) is 46.1. The highest BCUT2D eigenvalue weighted by Crippen LogP contribution is 2.53. The summed E-state index contributed by atoms with van der Waals surface area (Å²) < 4.78 is 28.2. The lowest BCUT2D eigenvalue weighted by atomic mass is 9.88. The van der Waals surface area contributed by atoms with Crippen molar-refractivity contribution in [2.24, 2.45) is 0 Å². The summed E-state index contributed by atoms with van der Waals surface area (Å²) in [5.74, 6) is 3.44. The lowest BCUT2D eigenvalue weighted by Crippen LogP contribution is -2.32. The molecule has 4 aromatic heterocycles. The van der Waals surface area contributed by atoms with E-state index in [2.05, 4.69) is 434 Å². The fourth-order valence-electron chi connectivity index (χ4n) is 21.4. The summed E-state index contributed by atoms with van der Waals surface area (Å²) in [4.78, 5) is 9.87. The van der Waals surface area contributed by atoms with Gasteiger partial charge in [-0.05, 0) is 286 Å². The molecule has 2 saturated carbocycles. The Hall–Kier alpha value is -15.6. The molecule has 626 valence electrons. The molecule has 0 amide bonds. The molecule has 8 nitrogen and oxygen atoms in total. The van der Waals surface area contributed by atoms with Crippen molar-refractivity contribution in [1.82, 2.24) is 0 Å². The second-order valence-electron chi connectivity index (χ2n) is 35.4. The van der Waals surface area contributed by atoms with Crippen LogP contribution in [-0.4, -0.2) is 12.1 Å². The van der Waals surface area contributed by atoms with Gasteiger partial charge in [0.2, 0.25) is 0 Å². The van der Waals surface area contributed by atoms with Gasteiger partial charge < -0.3 is 37.3 Å². The first-order chi connectivity index (χ1) is 64.3. The van der Waals surface area contributed by atoms with Crippen molar-refractivity contribution in [1.29, 1.82) is 0 Å². The maximum absolute atomic E-state index is 7.24. The number of furan rings is 4. The van der Waals surface area contributed by atoms with Gasteiger partial charge in [0.05, 0.1) is 0 Å². The van der Waals surface area contributed by atoms with Gasteiger partial charge in [-0.2, -0.15) is 0 Å². The molecule has 4 heterocycles. The van der Waals surface area contributed by atoms with E-state index >= 15 is 0 Å². The Morgan fingerprint density at radius 1 is 0.200 bits per heavy atom. The van der Waals surface area contributed by atoms with Crippen LogP contribution in [0.5, 0.6) is 0 Å². The highest BCUT2D eigenvalue weighted by molar-refractivity contribution is 6.23. The maximum atomic E-state index is 7.24. The van der Waals surface area contributed by atoms with E-state index in [1.54, 1.807) is 0 Å². The third kappa shape index (κ3) is 13.9. The number of rotatable bonds is 19. The maximum Gasteiger partial charge on any atom is 0.139 e. The molecule has 2 fully saturated rings. The van der Waals surface area contributed by atoms with Crippen LogP contribution in [0.1, 0.15) is 75.3 Å². The molecular formula is C122H94N4O4. The molecule has 0 unspecified atom stereocenters. The van der Waals surface area contributed by atoms with E-state index < -0.39 is 0 Å². The van der Waals surface area contributed by atoms with E-state index in [1.807, 2.05) is 0 Å². The van der Waals surface area contributed by atoms with Crippen LogP contribution in [0.25, 0.3) is 166 Å². The smallest absolute Gasteiger partial charge is 0.139 e. The molecule has 0 aliphatic heterocycles. The first kappa shape index (κ1) is 77.9. The number of aryl methyl sites for hydroxylation is 2. The molecule has 130 heavy (non-hydrogen) atoms. The van der Waals surface area contributed by atoms with Crippen LogP contribution >= 0.6 is 0 Å². The summed E-state index contributed by atoms with van der Waals surface area (Å²) in [5, 5.41) is 13.2. The highest BCUT2D eigenvalue weighted by atomic mass is 16.3. The summed E-state index contributed by atoms with van der Waals surface area (Å²) in [7, 11) is 0. The largest absolute Gasteiger partial charge is 0.456 e. The molecule has 18 aromatic carbocycles. The Kier molecular flexibility index (Phi) is 19.8. The number of anilines is 10. The van der Waals surface area contributed by atoms with Gasteiger partial charge in [-0.3, -0.25) is 0 Å². The summed E-state index contributed by atoms with van der Waals surface area (Å²) >= 11 is 0. The van der Waals surface area contributed by atoms with Crippen molar-refractivity contribution in [3.8, 4) is 78.7 Å². The van der Waals surface area contributed by atoms with E-state index in [0.29, 0.717) is 12.1 Å². The van der Waals surface area contributed by atoms with Crippen LogP contribution in [0.2, 0.25) is 0 Å². The number of hydrogen-bond donors (Lipinski definition) is 0. The molecule has 2 aliphatic carbocycles. The van der Waals surface area contributed by atoms with Crippen LogP contribution in [-0.2, 0) is 0 Å². The Morgan fingerprint density at radius 3 is 0.838 bits per heavy atom. The van der Waals surface area contributed by atoms with Crippen LogP contribution in [0.3, 0.4) is 0 Å².